The van der Waals surface area contributed by atoms with Gasteiger partial charge >= 0.3 is 0 Å². The second-order valence-electron chi connectivity index (χ2n) is 7.26. The molecule has 0 unspecified atom stereocenters. The van der Waals surface area contributed by atoms with Crippen molar-refractivity contribution in [2.24, 2.45) is 0 Å². The molecule has 4 heteroatoms. The monoisotopic (exact) mass is 396 g/mol. The SMILES string of the molecule is CCC(O)(/C=C/C=C(\C)c1cccc(OCc2ccc(CO)c(CO)c2)c1)CC. The molecule has 0 fully saturated rings. The maximum absolute atomic E-state index is 10.3. The molecule has 0 aliphatic carbocycles. The molecule has 0 radical (unpaired) electrons. The lowest BCUT2D eigenvalue weighted by molar-refractivity contribution is 0.0828. The van der Waals surface area contributed by atoms with E-state index in [4.69, 9.17) is 4.74 Å². The van der Waals surface area contributed by atoms with Crippen LogP contribution in [-0.4, -0.2) is 20.9 Å². The first-order chi connectivity index (χ1) is 13.9. The van der Waals surface area contributed by atoms with Gasteiger partial charge in [-0.25, -0.2) is 0 Å². The van der Waals surface area contributed by atoms with E-state index in [9.17, 15) is 15.3 Å². The van der Waals surface area contributed by atoms with Gasteiger partial charge in [-0.3, -0.25) is 0 Å². The summed E-state index contributed by atoms with van der Waals surface area (Å²) in [4.78, 5) is 0. The van der Waals surface area contributed by atoms with Crippen LogP contribution < -0.4 is 4.74 Å². The number of aliphatic hydroxyl groups is 3. The van der Waals surface area contributed by atoms with Crippen molar-refractivity contribution >= 4 is 5.57 Å². The molecule has 0 heterocycles. The van der Waals surface area contributed by atoms with Gasteiger partial charge in [-0.15, -0.1) is 0 Å². The Labute approximate surface area is 173 Å². The summed E-state index contributed by atoms with van der Waals surface area (Å²) in [6.07, 6.45) is 7.14. The highest BCUT2D eigenvalue weighted by Crippen LogP contribution is 2.22. The Kier molecular flexibility index (Phi) is 8.65. The number of ether oxygens (including phenoxy) is 1. The number of hydrogen-bond donors (Lipinski definition) is 3. The molecule has 0 aliphatic heterocycles. The first-order valence-electron chi connectivity index (χ1n) is 10.1. The molecule has 0 aromatic heterocycles. The second-order valence-corrected chi connectivity index (χ2v) is 7.26. The van der Waals surface area contributed by atoms with E-state index in [2.05, 4.69) is 0 Å². The van der Waals surface area contributed by atoms with Crippen LogP contribution in [0, 0.1) is 0 Å². The fraction of sp³-hybridized carbons (Fsp3) is 0.360. The second kappa shape index (κ2) is 11.0. The molecule has 0 amide bonds. The molecule has 2 rings (SSSR count). The van der Waals surface area contributed by atoms with E-state index >= 15 is 0 Å². The fourth-order valence-electron chi connectivity index (χ4n) is 3.02. The summed E-state index contributed by atoms with van der Waals surface area (Å²) in [5.74, 6) is 0.759. The highest BCUT2D eigenvalue weighted by atomic mass is 16.5. The van der Waals surface area contributed by atoms with E-state index in [-0.39, 0.29) is 13.2 Å². The van der Waals surface area contributed by atoms with Crippen molar-refractivity contribution in [3.05, 3.63) is 82.9 Å². The average molecular weight is 397 g/mol. The van der Waals surface area contributed by atoms with Crippen molar-refractivity contribution in [3.63, 3.8) is 0 Å². The van der Waals surface area contributed by atoms with E-state index in [1.165, 1.54) is 0 Å². The van der Waals surface area contributed by atoms with Gasteiger partial charge in [0.25, 0.3) is 0 Å². The molecule has 0 atom stereocenters. The molecule has 29 heavy (non-hydrogen) atoms. The highest BCUT2D eigenvalue weighted by Gasteiger charge is 2.16. The third-order valence-corrected chi connectivity index (χ3v) is 5.28. The number of rotatable bonds is 10. The Balaban J connectivity index is 2.07. The number of aliphatic hydroxyl groups excluding tert-OH is 2. The minimum atomic E-state index is -0.749. The minimum Gasteiger partial charge on any atom is -0.489 e. The van der Waals surface area contributed by atoms with Crippen LogP contribution in [0.5, 0.6) is 5.75 Å². The lowest BCUT2D eigenvalue weighted by Gasteiger charge is -2.19. The Bertz CT molecular complexity index is 848. The molecule has 0 aliphatic rings. The molecule has 2 aromatic carbocycles. The van der Waals surface area contributed by atoms with E-state index in [1.54, 1.807) is 0 Å². The summed E-state index contributed by atoms with van der Waals surface area (Å²) in [7, 11) is 0. The molecular weight excluding hydrogens is 364 g/mol. The zero-order valence-corrected chi connectivity index (χ0v) is 17.6. The largest absolute Gasteiger partial charge is 0.489 e. The van der Waals surface area contributed by atoms with Crippen molar-refractivity contribution in [1.29, 1.82) is 0 Å². The number of hydrogen-bond acceptors (Lipinski definition) is 4. The average Bonchev–Trinajstić information content (AvgIpc) is 2.77. The Morgan fingerprint density at radius 3 is 2.38 bits per heavy atom. The normalized spacial score (nSPS) is 12.6. The Morgan fingerprint density at radius 2 is 1.72 bits per heavy atom. The van der Waals surface area contributed by atoms with Crippen LogP contribution in [0.3, 0.4) is 0 Å². The van der Waals surface area contributed by atoms with Gasteiger partial charge in [-0.05, 0) is 65.8 Å². The van der Waals surface area contributed by atoms with Crippen molar-refractivity contribution in [2.75, 3.05) is 0 Å². The number of allylic oxidation sites excluding steroid dienone is 3. The maximum atomic E-state index is 10.3. The first kappa shape index (κ1) is 22.9. The number of benzene rings is 2. The first-order valence-corrected chi connectivity index (χ1v) is 10.1. The lowest BCUT2D eigenvalue weighted by Crippen LogP contribution is -2.22. The summed E-state index contributed by atoms with van der Waals surface area (Å²) >= 11 is 0. The van der Waals surface area contributed by atoms with Crippen molar-refractivity contribution < 1.29 is 20.1 Å². The molecule has 0 saturated carbocycles. The third kappa shape index (κ3) is 6.57. The quantitative estimate of drug-likeness (QED) is 0.507. The van der Waals surface area contributed by atoms with Crippen molar-refractivity contribution in [2.45, 2.75) is 59.0 Å². The van der Waals surface area contributed by atoms with Gasteiger partial charge < -0.3 is 20.1 Å². The summed E-state index contributed by atoms with van der Waals surface area (Å²) in [5.41, 5.74) is 3.76. The van der Waals surface area contributed by atoms with Crippen LogP contribution >= 0.6 is 0 Å². The Hall–Kier alpha value is -2.40. The zero-order chi connectivity index (χ0) is 21.3. The minimum absolute atomic E-state index is 0.0902. The van der Waals surface area contributed by atoms with Gasteiger partial charge in [0, 0.05) is 0 Å². The highest BCUT2D eigenvalue weighted by molar-refractivity contribution is 5.66. The van der Waals surface area contributed by atoms with Crippen molar-refractivity contribution in [3.8, 4) is 5.75 Å². The summed E-state index contributed by atoms with van der Waals surface area (Å²) in [5, 5.41) is 29.1. The van der Waals surface area contributed by atoms with Crippen LogP contribution in [0.2, 0.25) is 0 Å². The predicted molar refractivity (Wildman–Crippen MR) is 117 cm³/mol. The maximum Gasteiger partial charge on any atom is 0.120 e. The zero-order valence-electron chi connectivity index (χ0n) is 17.6. The van der Waals surface area contributed by atoms with Gasteiger partial charge in [0.2, 0.25) is 0 Å². The van der Waals surface area contributed by atoms with E-state index in [0.717, 1.165) is 28.0 Å². The van der Waals surface area contributed by atoms with Gasteiger partial charge in [0.15, 0.2) is 0 Å². The van der Waals surface area contributed by atoms with Gasteiger partial charge in [-0.2, -0.15) is 0 Å². The van der Waals surface area contributed by atoms with Crippen LogP contribution in [0.1, 0.15) is 55.9 Å². The molecular formula is C25H32O4. The smallest absolute Gasteiger partial charge is 0.120 e. The lowest BCUT2D eigenvalue weighted by atomic mass is 9.96. The van der Waals surface area contributed by atoms with Gasteiger partial charge in [0.1, 0.15) is 12.4 Å². The van der Waals surface area contributed by atoms with Gasteiger partial charge in [0.05, 0.1) is 18.8 Å². The van der Waals surface area contributed by atoms with E-state index < -0.39 is 5.60 Å². The summed E-state index contributed by atoms with van der Waals surface area (Å²) in [6.45, 7) is 6.17. The molecule has 2 aromatic rings. The molecule has 156 valence electrons. The van der Waals surface area contributed by atoms with Crippen LogP contribution in [0.15, 0.2) is 60.7 Å². The topological polar surface area (TPSA) is 69.9 Å². The third-order valence-electron chi connectivity index (χ3n) is 5.28. The van der Waals surface area contributed by atoms with Crippen LogP contribution in [-0.2, 0) is 19.8 Å². The predicted octanol–water partition coefficient (Wildman–Crippen LogP) is 4.76. The molecule has 0 bridgehead atoms. The van der Waals surface area contributed by atoms with Crippen LogP contribution in [0.4, 0.5) is 0 Å². The fourth-order valence-corrected chi connectivity index (χ4v) is 3.02. The molecule has 4 nitrogen and oxygen atoms in total. The van der Waals surface area contributed by atoms with E-state index in [0.29, 0.717) is 25.0 Å². The molecule has 0 saturated heterocycles. The standard InChI is InChI=1S/C25H32O4/c1-4-25(28,5-2)13-7-8-19(3)21-9-6-10-24(15-21)29-18-20-11-12-22(16-26)23(14-20)17-27/h6-15,26-28H,4-5,16-18H2,1-3H3/b13-7+,19-8+. The van der Waals surface area contributed by atoms with Gasteiger partial charge in [-0.1, -0.05) is 56.3 Å². The Morgan fingerprint density at radius 1 is 1.00 bits per heavy atom. The molecule has 0 spiro atoms. The summed E-state index contributed by atoms with van der Waals surface area (Å²) < 4.78 is 5.92. The molecule has 3 N–H and O–H groups in total. The van der Waals surface area contributed by atoms with Crippen molar-refractivity contribution in [1.82, 2.24) is 0 Å². The van der Waals surface area contributed by atoms with E-state index in [1.807, 2.05) is 81.5 Å². The summed E-state index contributed by atoms with van der Waals surface area (Å²) in [6, 6.07) is 13.4. The van der Waals surface area contributed by atoms with Crippen LogP contribution in [0.25, 0.3) is 5.57 Å².